The molecule has 0 saturated carbocycles. The van der Waals surface area contributed by atoms with Gasteiger partial charge >= 0.3 is 0 Å². The fourth-order valence-electron chi connectivity index (χ4n) is 3.30. The topological polar surface area (TPSA) is 38.5 Å². The minimum atomic E-state index is -0.326. The van der Waals surface area contributed by atoms with Gasteiger partial charge in [0.2, 0.25) is 0 Å². The smallest absolute Gasteiger partial charge is 0.170 e. The predicted molar refractivity (Wildman–Crippen MR) is 95.2 cm³/mol. The molecule has 0 radical (unpaired) electrons. The van der Waals surface area contributed by atoms with Gasteiger partial charge < -0.3 is 9.26 Å². The normalized spacial score (nSPS) is 15.6. The first-order valence-electron chi connectivity index (χ1n) is 8.80. The van der Waals surface area contributed by atoms with E-state index in [9.17, 15) is 4.39 Å². The summed E-state index contributed by atoms with van der Waals surface area (Å²) in [5, 5.41) is 4.88. The van der Waals surface area contributed by atoms with E-state index in [1.165, 1.54) is 44.5 Å². The maximum atomic E-state index is 13.2. The molecule has 0 atom stereocenters. The van der Waals surface area contributed by atoms with Crippen LogP contribution in [0.5, 0.6) is 5.75 Å². The van der Waals surface area contributed by atoms with Crippen molar-refractivity contribution in [3.8, 4) is 17.0 Å². The van der Waals surface area contributed by atoms with Crippen molar-refractivity contribution in [3.05, 3.63) is 48.3 Å². The Morgan fingerprint density at radius 1 is 1.04 bits per heavy atom. The highest BCUT2D eigenvalue weighted by atomic mass is 19.1. The van der Waals surface area contributed by atoms with Gasteiger partial charge in [0.05, 0.1) is 0 Å². The summed E-state index contributed by atoms with van der Waals surface area (Å²) in [4.78, 5) is 2.46. The third-order valence-electron chi connectivity index (χ3n) is 4.69. The van der Waals surface area contributed by atoms with Crippen LogP contribution in [0, 0.1) is 5.82 Å². The van der Waals surface area contributed by atoms with Crippen LogP contribution in [0.1, 0.15) is 19.3 Å². The van der Waals surface area contributed by atoms with E-state index in [0.29, 0.717) is 12.2 Å². The van der Waals surface area contributed by atoms with Crippen LogP contribution in [-0.4, -0.2) is 36.3 Å². The summed E-state index contributed by atoms with van der Waals surface area (Å²) in [5.41, 5.74) is 2.10. The van der Waals surface area contributed by atoms with Crippen LogP contribution in [-0.2, 0) is 0 Å². The second kappa shape index (κ2) is 7.23. The molecule has 25 heavy (non-hydrogen) atoms. The Bertz CT molecular complexity index is 839. The van der Waals surface area contributed by atoms with Crippen molar-refractivity contribution in [1.29, 1.82) is 0 Å². The molecule has 4 rings (SSSR count). The molecule has 3 aromatic rings. The van der Waals surface area contributed by atoms with E-state index in [0.717, 1.165) is 28.9 Å². The summed E-state index contributed by atoms with van der Waals surface area (Å²) in [6.07, 6.45) is 3.94. The number of ether oxygens (including phenoxy) is 1. The third-order valence-corrected chi connectivity index (χ3v) is 4.69. The Morgan fingerprint density at radius 3 is 2.64 bits per heavy atom. The maximum Gasteiger partial charge on any atom is 0.170 e. The average Bonchev–Trinajstić information content (AvgIpc) is 3.06. The van der Waals surface area contributed by atoms with Gasteiger partial charge in [-0.15, -0.1) is 0 Å². The number of hydrogen-bond acceptors (Lipinski definition) is 4. The lowest BCUT2D eigenvalue weighted by atomic mass is 10.1. The Labute approximate surface area is 146 Å². The van der Waals surface area contributed by atoms with E-state index < -0.39 is 0 Å². The van der Waals surface area contributed by atoms with Gasteiger partial charge in [0.25, 0.3) is 0 Å². The van der Waals surface area contributed by atoms with E-state index >= 15 is 0 Å². The molecule has 0 spiro atoms. The molecule has 0 N–H and O–H groups in total. The number of hydrogen-bond donors (Lipinski definition) is 0. The lowest BCUT2D eigenvalue weighted by Crippen LogP contribution is -2.33. The highest BCUT2D eigenvalue weighted by Crippen LogP contribution is 2.29. The molecule has 0 amide bonds. The van der Waals surface area contributed by atoms with Crippen LogP contribution in [0.4, 0.5) is 4.39 Å². The van der Waals surface area contributed by atoms with Gasteiger partial charge in [-0.1, -0.05) is 11.6 Å². The fraction of sp³-hybridized carbons (Fsp3) is 0.350. The number of nitrogens with zero attached hydrogens (tertiary/aromatic N) is 2. The van der Waals surface area contributed by atoms with Crippen molar-refractivity contribution in [2.75, 3.05) is 26.2 Å². The standard InChI is InChI=1S/C20H21FN2O2/c21-16-6-9-18-19(14-16)25-22-20(18)15-4-7-17(8-5-15)24-13-12-23-10-2-1-3-11-23/h4-9,14H,1-3,10-13H2. The zero-order valence-corrected chi connectivity index (χ0v) is 14.1. The second-order valence-corrected chi connectivity index (χ2v) is 6.45. The Kier molecular flexibility index (Phi) is 4.65. The number of benzene rings is 2. The monoisotopic (exact) mass is 340 g/mol. The van der Waals surface area contributed by atoms with Crippen LogP contribution < -0.4 is 4.74 Å². The Balaban J connectivity index is 1.41. The van der Waals surface area contributed by atoms with E-state index in [-0.39, 0.29) is 5.82 Å². The second-order valence-electron chi connectivity index (χ2n) is 6.45. The first-order valence-corrected chi connectivity index (χ1v) is 8.80. The summed E-state index contributed by atoms with van der Waals surface area (Å²) in [6, 6.07) is 12.3. The molecule has 0 unspecified atom stereocenters. The number of piperidine rings is 1. The van der Waals surface area contributed by atoms with Crippen molar-refractivity contribution >= 4 is 11.0 Å². The number of likely N-dealkylation sites (tertiary alicyclic amines) is 1. The lowest BCUT2D eigenvalue weighted by molar-refractivity contribution is 0.183. The molecule has 0 aliphatic carbocycles. The van der Waals surface area contributed by atoms with Crippen LogP contribution in [0.25, 0.3) is 22.2 Å². The van der Waals surface area contributed by atoms with Crippen molar-refractivity contribution in [2.24, 2.45) is 0 Å². The quantitative estimate of drug-likeness (QED) is 0.685. The largest absolute Gasteiger partial charge is 0.492 e. The zero-order chi connectivity index (χ0) is 17.1. The Morgan fingerprint density at radius 2 is 1.84 bits per heavy atom. The number of aromatic nitrogens is 1. The van der Waals surface area contributed by atoms with Crippen LogP contribution in [0.3, 0.4) is 0 Å². The number of fused-ring (bicyclic) bond motifs is 1. The van der Waals surface area contributed by atoms with Crippen molar-refractivity contribution in [1.82, 2.24) is 10.1 Å². The van der Waals surface area contributed by atoms with Crippen LogP contribution in [0.2, 0.25) is 0 Å². The molecule has 1 aliphatic rings. The van der Waals surface area contributed by atoms with Gasteiger partial charge in [-0.05, 0) is 62.3 Å². The Hall–Kier alpha value is -2.40. The molecule has 2 heterocycles. The molecule has 2 aromatic carbocycles. The van der Waals surface area contributed by atoms with Gasteiger partial charge in [-0.2, -0.15) is 0 Å². The molecule has 0 bridgehead atoms. The zero-order valence-electron chi connectivity index (χ0n) is 14.1. The molecule has 130 valence electrons. The predicted octanol–water partition coefficient (Wildman–Crippen LogP) is 4.50. The van der Waals surface area contributed by atoms with E-state index in [2.05, 4.69) is 10.1 Å². The van der Waals surface area contributed by atoms with Gasteiger partial charge in [0, 0.05) is 23.6 Å². The summed E-state index contributed by atoms with van der Waals surface area (Å²) in [7, 11) is 0. The molecule has 1 aliphatic heterocycles. The van der Waals surface area contributed by atoms with Gasteiger partial charge in [-0.25, -0.2) is 4.39 Å². The summed E-state index contributed by atoms with van der Waals surface area (Å²) >= 11 is 0. The molecule has 1 aromatic heterocycles. The SMILES string of the molecule is Fc1ccc2c(-c3ccc(OCCN4CCCCC4)cc3)noc2c1. The van der Waals surface area contributed by atoms with E-state index in [4.69, 9.17) is 9.26 Å². The highest BCUT2D eigenvalue weighted by molar-refractivity contribution is 5.91. The van der Waals surface area contributed by atoms with Gasteiger partial charge in [0.1, 0.15) is 23.9 Å². The summed E-state index contributed by atoms with van der Waals surface area (Å²) < 4.78 is 24.3. The van der Waals surface area contributed by atoms with Gasteiger partial charge in [-0.3, -0.25) is 4.90 Å². The minimum Gasteiger partial charge on any atom is -0.492 e. The van der Waals surface area contributed by atoms with Crippen molar-refractivity contribution < 1.29 is 13.7 Å². The molecular formula is C20H21FN2O2. The molecule has 1 saturated heterocycles. The van der Waals surface area contributed by atoms with E-state index in [1.54, 1.807) is 6.07 Å². The maximum absolute atomic E-state index is 13.2. The summed E-state index contributed by atoms with van der Waals surface area (Å²) in [5.74, 6) is 0.521. The first kappa shape index (κ1) is 16.1. The molecule has 1 fully saturated rings. The average molecular weight is 340 g/mol. The molecule has 4 nitrogen and oxygen atoms in total. The lowest BCUT2D eigenvalue weighted by Gasteiger charge is -2.26. The number of rotatable bonds is 5. The van der Waals surface area contributed by atoms with Crippen LogP contribution >= 0.6 is 0 Å². The molecule has 5 heteroatoms. The minimum absolute atomic E-state index is 0.326. The van der Waals surface area contributed by atoms with Gasteiger partial charge in [0.15, 0.2) is 5.58 Å². The van der Waals surface area contributed by atoms with Crippen molar-refractivity contribution in [2.45, 2.75) is 19.3 Å². The molecular weight excluding hydrogens is 319 g/mol. The first-order chi connectivity index (χ1) is 12.3. The number of halogens is 1. The fourth-order valence-corrected chi connectivity index (χ4v) is 3.30. The van der Waals surface area contributed by atoms with E-state index in [1.807, 2.05) is 24.3 Å². The van der Waals surface area contributed by atoms with Crippen LogP contribution in [0.15, 0.2) is 47.0 Å². The third kappa shape index (κ3) is 3.66. The highest BCUT2D eigenvalue weighted by Gasteiger charge is 2.12. The summed E-state index contributed by atoms with van der Waals surface area (Å²) in [6.45, 7) is 4.04. The van der Waals surface area contributed by atoms with Crippen molar-refractivity contribution in [3.63, 3.8) is 0 Å².